The molecule has 3 atom stereocenters. The van der Waals surface area contributed by atoms with Crippen molar-refractivity contribution < 1.29 is 23.3 Å². The van der Waals surface area contributed by atoms with Crippen LogP contribution in [0.25, 0.3) is 0 Å². The Morgan fingerprint density at radius 2 is 2.00 bits per heavy atom. The van der Waals surface area contributed by atoms with Gasteiger partial charge in [0.15, 0.2) is 0 Å². The average Bonchev–Trinajstić information content (AvgIpc) is 3.01. The zero-order valence-corrected chi connectivity index (χ0v) is 13.1. The molecule has 0 aliphatic carbocycles. The molecule has 0 amide bonds. The van der Waals surface area contributed by atoms with E-state index < -0.39 is 23.0 Å². The van der Waals surface area contributed by atoms with Gasteiger partial charge in [0.1, 0.15) is 17.0 Å². The van der Waals surface area contributed by atoms with E-state index in [4.69, 9.17) is 0 Å². The highest BCUT2D eigenvalue weighted by molar-refractivity contribution is 7.83. The summed E-state index contributed by atoms with van der Waals surface area (Å²) in [5, 5.41) is 3.00. The van der Waals surface area contributed by atoms with Gasteiger partial charge in [-0.05, 0) is 18.6 Å². The molecule has 22 heavy (non-hydrogen) atoms. The summed E-state index contributed by atoms with van der Waals surface area (Å²) in [5.74, 6) is -0.882. The first-order chi connectivity index (χ1) is 10.6. The van der Waals surface area contributed by atoms with Crippen molar-refractivity contribution in [1.29, 1.82) is 0 Å². The van der Waals surface area contributed by atoms with E-state index >= 15 is 0 Å². The lowest BCUT2D eigenvalue weighted by Crippen LogP contribution is -2.33. The normalized spacial score (nSPS) is 22.1. The summed E-state index contributed by atoms with van der Waals surface area (Å²) in [5.41, 5.74) is 0.256. The van der Waals surface area contributed by atoms with E-state index in [1.165, 1.54) is 14.2 Å². The minimum atomic E-state index is -1.58. The molecule has 2 rings (SSSR count). The molecule has 1 aromatic rings. The van der Waals surface area contributed by atoms with Crippen LogP contribution in [0.4, 0.5) is 0 Å². The number of nitrogens with one attached hydrogen (secondary N) is 2. The second kappa shape index (κ2) is 7.48. The number of benzene rings is 1. The van der Waals surface area contributed by atoms with E-state index in [0.29, 0.717) is 17.9 Å². The van der Waals surface area contributed by atoms with Crippen LogP contribution in [0.1, 0.15) is 16.8 Å². The first-order valence-corrected chi connectivity index (χ1v) is 7.88. The fourth-order valence-electron chi connectivity index (χ4n) is 2.27. The first kappa shape index (κ1) is 16.6. The summed E-state index contributed by atoms with van der Waals surface area (Å²) in [6.45, 7) is 0.492. The van der Waals surface area contributed by atoms with Gasteiger partial charge in [-0.1, -0.05) is 12.1 Å². The van der Waals surface area contributed by atoms with Gasteiger partial charge in [0.05, 0.1) is 24.7 Å². The van der Waals surface area contributed by atoms with Crippen molar-refractivity contribution in [3.63, 3.8) is 0 Å². The van der Waals surface area contributed by atoms with Crippen molar-refractivity contribution in [1.82, 2.24) is 10.0 Å². The zero-order valence-electron chi connectivity index (χ0n) is 12.3. The van der Waals surface area contributed by atoms with E-state index in [2.05, 4.69) is 19.5 Å². The molecule has 1 heterocycles. The maximum absolute atomic E-state index is 12.4. The number of carbonyl (C=O) groups excluding carboxylic acids is 2. The molecule has 7 nitrogen and oxygen atoms in total. The van der Waals surface area contributed by atoms with Gasteiger partial charge < -0.3 is 14.8 Å². The smallest absolute Gasteiger partial charge is 0.339 e. The van der Waals surface area contributed by atoms with Crippen molar-refractivity contribution >= 4 is 22.9 Å². The predicted octanol–water partition coefficient (Wildman–Crippen LogP) is -0.0111. The van der Waals surface area contributed by atoms with Crippen molar-refractivity contribution in [2.45, 2.75) is 23.4 Å². The van der Waals surface area contributed by atoms with Gasteiger partial charge in [-0.15, -0.1) is 0 Å². The molecule has 1 saturated heterocycles. The Labute approximate surface area is 131 Å². The van der Waals surface area contributed by atoms with Gasteiger partial charge in [-0.2, -0.15) is 0 Å². The van der Waals surface area contributed by atoms with E-state index in [1.54, 1.807) is 24.3 Å². The number of esters is 2. The van der Waals surface area contributed by atoms with Crippen molar-refractivity contribution in [2.24, 2.45) is 0 Å². The Hall–Kier alpha value is -1.77. The Kier molecular flexibility index (Phi) is 5.64. The minimum absolute atomic E-state index is 0.157. The van der Waals surface area contributed by atoms with Crippen LogP contribution in [0.2, 0.25) is 0 Å². The van der Waals surface area contributed by atoms with Gasteiger partial charge in [-0.3, -0.25) is 4.79 Å². The molecule has 0 bridgehead atoms. The van der Waals surface area contributed by atoms with Crippen LogP contribution in [0.3, 0.4) is 0 Å². The number of methoxy groups -OCH3 is 2. The molecule has 2 unspecified atom stereocenters. The molecule has 0 saturated carbocycles. The van der Waals surface area contributed by atoms with Crippen molar-refractivity contribution in [3.8, 4) is 0 Å². The number of hydrogen-bond acceptors (Lipinski definition) is 6. The van der Waals surface area contributed by atoms with E-state index in [9.17, 15) is 13.8 Å². The van der Waals surface area contributed by atoms with Crippen LogP contribution < -0.4 is 10.0 Å². The SMILES string of the molecule is COC(=O)c1ccccc1S(=O)NC1CN[C@H](C(=O)OC)C1. The lowest BCUT2D eigenvalue weighted by Gasteiger charge is -2.13. The van der Waals surface area contributed by atoms with E-state index in [-0.39, 0.29) is 17.6 Å². The van der Waals surface area contributed by atoms with Gasteiger partial charge in [0.2, 0.25) is 0 Å². The maximum Gasteiger partial charge on any atom is 0.339 e. The van der Waals surface area contributed by atoms with E-state index in [1.807, 2.05) is 0 Å². The Morgan fingerprint density at radius 1 is 1.27 bits per heavy atom. The fraction of sp³-hybridized carbons (Fsp3) is 0.429. The standard InChI is InChI=1S/C14H18N2O5S/c1-20-13(17)10-5-3-4-6-12(10)22(19)16-9-7-11(15-8-9)14(18)21-2/h3-6,9,11,15-16H,7-8H2,1-2H3/t9?,11-,22?/m0/s1. The van der Waals surface area contributed by atoms with Crippen LogP contribution in [-0.2, 0) is 25.3 Å². The quantitative estimate of drug-likeness (QED) is 0.739. The molecule has 1 aliphatic heterocycles. The summed E-state index contributed by atoms with van der Waals surface area (Å²) in [7, 11) is 1.02. The monoisotopic (exact) mass is 326 g/mol. The molecular weight excluding hydrogens is 308 g/mol. The summed E-state index contributed by atoms with van der Waals surface area (Å²) in [6, 6.07) is 5.98. The summed E-state index contributed by atoms with van der Waals surface area (Å²) in [4.78, 5) is 23.5. The largest absolute Gasteiger partial charge is 0.468 e. The van der Waals surface area contributed by atoms with Crippen LogP contribution >= 0.6 is 0 Å². The fourth-order valence-corrected chi connectivity index (χ4v) is 3.43. The van der Waals surface area contributed by atoms with Gasteiger partial charge >= 0.3 is 11.9 Å². The zero-order chi connectivity index (χ0) is 16.1. The van der Waals surface area contributed by atoms with Crippen LogP contribution in [-0.4, -0.2) is 49.0 Å². The number of carbonyl (C=O) groups is 2. The molecule has 0 spiro atoms. The highest BCUT2D eigenvalue weighted by Gasteiger charge is 2.31. The molecule has 0 aromatic heterocycles. The van der Waals surface area contributed by atoms with Crippen LogP contribution in [0.5, 0.6) is 0 Å². The average molecular weight is 326 g/mol. The lowest BCUT2D eigenvalue weighted by molar-refractivity contribution is -0.142. The Morgan fingerprint density at radius 3 is 2.68 bits per heavy atom. The van der Waals surface area contributed by atoms with Crippen LogP contribution in [0.15, 0.2) is 29.2 Å². The van der Waals surface area contributed by atoms with Crippen molar-refractivity contribution in [2.75, 3.05) is 20.8 Å². The third kappa shape index (κ3) is 3.70. The number of ether oxygens (including phenoxy) is 2. The molecule has 0 radical (unpaired) electrons. The molecule has 1 aliphatic rings. The minimum Gasteiger partial charge on any atom is -0.468 e. The maximum atomic E-state index is 12.4. The van der Waals surface area contributed by atoms with Gasteiger partial charge in [0, 0.05) is 12.6 Å². The topological polar surface area (TPSA) is 93.7 Å². The highest BCUT2D eigenvalue weighted by atomic mass is 32.2. The molecule has 1 fully saturated rings. The van der Waals surface area contributed by atoms with Gasteiger partial charge in [-0.25, -0.2) is 13.7 Å². The highest BCUT2D eigenvalue weighted by Crippen LogP contribution is 2.16. The Balaban J connectivity index is 2.05. The second-order valence-corrected chi connectivity index (χ2v) is 6.00. The third-order valence-corrected chi connectivity index (χ3v) is 4.69. The third-order valence-electron chi connectivity index (χ3n) is 3.38. The van der Waals surface area contributed by atoms with Crippen molar-refractivity contribution in [3.05, 3.63) is 29.8 Å². The molecular formula is C14H18N2O5S. The molecule has 8 heteroatoms. The summed E-state index contributed by atoms with van der Waals surface area (Å²) < 4.78 is 24.7. The summed E-state index contributed by atoms with van der Waals surface area (Å²) >= 11 is 0. The second-order valence-electron chi connectivity index (χ2n) is 4.79. The number of rotatable bonds is 5. The molecule has 1 aromatic carbocycles. The van der Waals surface area contributed by atoms with Crippen LogP contribution in [0, 0.1) is 0 Å². The predicted molar refractivity (Wildman–Crippen MR) is 79.5 cm³/mol. The van der Waals surface area contributed by atoms with Gasteiger partial charge in [0.25, 0.3) is 0 Å². The first-order valence-electron chi connectivity index (χ1n) is 6.73. The lowest BCUT2D eigenvalue weighted by atomic mass is 10.2. The van der Waals surface area contributed by atoms with E-state index in [0.717, 1.165) is 0 Å². The molecule has 120 valence electrons. The number of hydrogen-bond donors (Lipinski definition) is 2. The molecule has 2 N–H and O–H groups in total. The summed E-state index contributed by atoms with van der Waals surface area (Å²) in [6.07, 6.45) is 0.471. The Bertz CT molecular complexity index is 592.